The molecule has 0 radical (unpaired) electrons. The Bertz CT molecular complexity index is 682. The molecule has 0 aliphatic rings. The molecule has 0 unspecified atom stereocenters. The largest absolute Gasteiger partial charge is 0.497 e. The van der Waals surface area contributed by atoms with Crippen LogP contribution >= 0.6 is 11.3 Å². The van der Waals surface area contributed by atoms with E-state index in [0.29, 0.717) is 13.1 Å². The lowest BCUT2D eigenvalue weighted by Gasteiger charge is -2.24. The first-order chi connectivity index (χ1) is 11.5. The Labute approximate surface area is 147 Å². The van der Waals surface area contributed by atoms with Crippen molar-refractivity contribution >= 4 is 17.4 Å². The molecular weight excluding hydrogens is 322 g/mol. The van der Waals surface area contributed by atoms with E-state index in [1.807, 2.05) is 43.5 Å². The smallest absolute Gasteiger partial charge is 0.318 e. The third-order valence-electron chi connectivity index (χ3n) is 3.59. The summed E-state index contributed by atoms with van der Waals surface area (Å²) >= 11 is 1.58. The number of rotatable bonds is 7. The standard InChI is InChI=1S/C18H23N3O2S/c1-5-10-21(11-15-6-8-16(23-4)9-7-15)18(22)19-13(2)17-12-24-14(3)20-17/h5-9,12-13H,1,10-11H2,2-4H3,(H,19,22)/t13-/m1/s1. The van der Waals surface area contributed by atoms with E-state index in [4.69, 9.17) is 4.74 Å². The Morgan fingerprint density at radius 1 is 1.46 bits per heavy atom. The highest BCUT2D eigenvalue weighted by Gasteiger charge is 2.17. The molecule has 24 heavy (non-hydrogen) atoms. The lowest BCUT2D eigenvalue weighted by atomic mass is 10.2. The molecule has 128 valence electrons. The number of urea groups is 1. The van der Waals surface area contributed by atoms with Crippen LogP contribution in [0.3, 0.4) is 0 Å². The van der Waals surface area contributed by atoms with Crippen LogP contribution in [0.4, 0.5) is 4.79 Å². The number of ether oxygens (including phenoxy) is 1. The van der Waals surface area contributed by atoms with E-state index in [0.717, 1.165) is 22.0 Å². The number of nitrogens with one attached hydrogen (secondary N) is 1. The number of carbonyl (C=O) groups is 1. The van der Waals surface area contributed by atoms with Crippen LogP contribution in [0, 0.1) is 6.92 Å². The van der Waals surface area contributed by atoms with E-state index >= 15 is 0 Å². The number of carbonyl (C=O) groups excluding carboxylic acids is 1. The molecule has 1 N–H and O–H groups in total. The van der Waals surface area contributed by atoms with E-state index in [9.17, 15) is 4.79 Å². The molecule has 2 rings (SSSR count). The van der Waals surface area contributed by atoms with Gasteiger partial charge in [-0.1, -0.05) is 18.2 Å². The number of benzene rings is 1. The summed E-state index contributed by atoms with van der Waals surface area (Å²) in [5.41, 5.74) is 1.92. The van der Waals surface area contributed by atoms with Crippen LogP contribution in [0.15, 0.2) is 42.3 Å². The van der Waals surface area contributed by atoms with Crippen molar-refractivity contribution in [1.29, 1.82) is 0 Å². The van der Waals surface area contributed by atoms with Crippen LogP contribution < -0.4 is 10.1 Å². The van der Waals surface area contributed by atoms with E-state index in [1.165, 1.54) is 0 Å². The summed E-state index contributed by atoms with van der Waals surface area (Å²) < 4.78 is 5.16. The zero-order chi connectivity index (χ0) is 17.5. The summed E-state index contributed by atoms with van der Waals surface area (Å²) in [6.07, 6.45) is 1.72. The first kappa shape index (κ1) is 18.0. The Hall–Kier alpha value is -2.34. The second kappa shape index (κ2) is 8.49. The van der Waals surface area contributed by atoms with Crippen molar-refractivity contribution in [3.05, 3.63) is 58.6 Å². The van der Waals surface area contributed by atoms with Gasteiger partial charge in [0.1, 0.15) is 5.75 Å². The fourth-order valence-corrected chi connectivity index (χ4v) is 2.96. The zero-order valence-electron chi connectivity index (χ0n) is 14.3. The second-order valence-electron chi connectivity index (χ2n) is 5.48. The fourth-order valence-electron chi connectivity index (χ4n) is 2.26. The van der Waals surface area contributed by atoms with Gasteiger partial charge < -0.3 is 15.0 Å². The monoisotopic (exact) mass is 345 g/mol. The van der Waals surface area contributed by atoms with Gasteiger partial charge in [0.05, 0.1) is 23.9 Å². The summed E-state index contributed by atoms with van der Waals surface area (Å²) in [5.74, 6) is 0.797. The van der Waals surface area contributed by atoms with Crippen LogP contribution in [0.1, 0.15) is 29.2 Å². The Morgan fingerprint density at radius 2 is 2.17 bits per heavy atom. The molecule has 0 fully saturated rings. The number of thiazole rings is 1. The highest BCUT2D eigenvalue weighted by atomic mass is 32.1. The minimum atomic E-state index is -0.135. The van der Waals surface area contributed by atoms with Gasteiger partial charge in [0.15, 0.2) is 0 Å². The van der Waals surface area contributed by atoms with Crippen molar-refractivity contribution in [3.8, 4) is 5.75 Å². The van der Waals surface area contributed by atoms with Crippen molar-refractivity contribution in [3.63, 3.8) is 0 Å². The number of hydrogen-bond acceptors (Lipinski definition) is 4. The minimum Gasteiger partial charge on any atom is -0.497 e. The minimum absolute atomic E-state index is 0.134. The third kappa shape index (κ3) is 4.83. The number of hydrogen-bond donors (Lipinski definition) is 1. The third-order valence-corrected chi connectivity index (χ3v) is 4.38. The highest BCUT2D eigenvalue weighted by Crippen LogP contribution is 2.17. The van der Waals surface area contributed by atoms with Crippen molar-refractivity contribution in [2.45, 2.75) is 26.4 Å². The lowest BCUT2D eigenvalue weighted by molar-refractivity contribution is 0.197. The number of nitrogens with zero attached hydrogens (tertiary/aromatic N) is 2. The van der Waals surface area contributed by atoms with Gasteiger partial charge in [-0.3, -0.25) is 0 Å². The molecule has 0 aliphatic heterocycles. The van der Waals surface area contributed by atoms with Crippen LogP contribution in [0.2, 0.25) is 0 Å². The Morgan fingerprint density at radius 3 is 2.71 bits per heavy atom. The summed E-state index contributed by atoms with van der Waals surface area (Å²) in [7, 11) is 1.63. The summed E-state index contributed by atoms with van der Waals surface area (Å²) in [4.78, 5) is 18.7. The van der Waals surface area contributed by atoms with Gasteiger partial charge in [0.25, 0.3) is 0 Å². The van der Waals surface area contributed by atoms with E-state index in [1.54, 1.807) is 29.4 Å². The molecule has 0 spiro atoms. The first-order valence-corrected chi connectivity index (χ1v) is 8.62. The molecule has 0 saturated heterocycles. The molecule has 1 atom stereocenters. The predicted molar refractivity (Wildman–Crippen MR) is 97.4 cm³/mol. The van der Waals surface area contributed by atoms with E-state index in [-0.39, 0.29) is 12.1 Å². The molecule has 5 nitrogen and oxygen atoms in total. The van der Waals surface area contributed by atoms with Gasteiger partial charge >= 0.3 is 6.03 Å². The molecule has 1 aromatic heterocycles. The van der Waals surface area contributed by atoms with Crippen LogP contribution in [-0.2, 0) is 6.54 Å². The molecule has 2 amide bonds. The maximum Gasteiger partial charge on any atom is 0.318 e. The van der Waals surface area contributed by atoms with Gasteiger partial charge in [-0.25, -0.2) is 9.78 Å². The molecule has 0 bridgehead atoms. The van der Waals surface area contributed by atoms with Crippen molar-refractivity contribution in [2.75, 3.05) is 13.7 Å². The average Bonchev–Trinajstić information content (AvgIpc) is 3.01. The lowest BCUT2D eigenvalue weighted by Crippen LogP contribution is -2.40. The summed E-state index contributed by atoms with van der Waals surface area (Å²) in [5, 5.41) is 5.96. The summed E-state index contributed by atoms with van der Waals surface area (Å²) in [6, 6.07) is 7.42. The normalized spacial score (nSPS) is 11.6. The first-order valence-electron chi connectivity index (χ1n) is 7.74. The number of amides is 2. The van der Waals surface area contributed by atoms with Gasteiger partial charge in [-0.05, 0) is 31.5 Å². The maximum absolute atomic E-state index is 12.6. The van der Waals surface area contributed by atoms with E-state index < -0.39 is 0 Å². The van der Waals surface area contributed by atoms with Crippen molar-refractivity contribution in [1.82, 2.24) is 15.2 Å². The molecule has 6 heteroatoms. The number of methoxy groups -OCH3 is 1. The molecule has 1 heterocycles. The summed E-state index contributed by atoms with van der Waals surface area (Å²) in [6.45, 7) is 8.61. The topological polar surface area (TPSA) is 54.5 Å². The molecule has 2 aromatic rings. The van der Waals surface area contributed by atoms with Gasteiger partial charge in [0.2, 0.25) is 0 Å². The number of aryl methyl sites for hydroxylation is 1. The molecular formula is C18H23N3O2S. The molecule has 1 aromatic carbocycles. The Balaban J connectivity index is 2.02. The average molecular weight is 345 g/mol. The van der Waals surface area contributed by atoms with Crippen LogP contribution in [0.25, 0.3) is 0 Å². The zero-order valence-corrected chi connectivity index (χ0v) is 15.1. The molecule has 0 saturated carbocycles. The van der Waals surface area contributed by atoms with Crippen LogP contribution in [-0.4, -0.2) is 29.6 Å². The number of aromatic nitrogens is 1. The SMILES string of the molecule is C=CCN(Cc1ccc(OC)cc1)C(=O)N[C@H](C)c1csc(C)n1. The van der Waals surface area contributed by atoms with E-state index in [2.05, 4.69) is 16.9 Å². The second-order valence-corrected chi connectivity index (χ2v) is 6.54. The highest BCUT2D eigenvalue weighted by molar-refractivity contribution is 7.09. The molecule has 0 aliphatic carbocycles. The van der Waals surface area contributed by atoms with Gasteiger partial charge in [0, 0.05) is 18.5 Å². The fraction of sp³-hybridized carbons (Fsp3) is 0.333. The van der Waals surface area contributed by atoms with Crippen molar-refractivity contribution < 1.29 is 9.53 Å². The quantitative estimate of drug-likeness (QED) is 0.774. The predicted octanol–water partition coefficient (Wildman–Crippen LogP) is 3.92. The van der Waals surface area contributed by atoms with Crippen LogP contribution in [0.5, 0.6) is 5.75 Å². The van der Waals surface area contributed by atoms with Gasteiger partial charge in [-0.2, -0.15) is 0 Å². The van der Waals surface area contributed by atoms with Gasteiger partial charge in [-0.15, -0.1) is 17.9 Å². The maximum atomic E-state index is 12.6. The Kier molecular flexibility index (Phi) is 6.37. The van der Waals surface area contributed by atoms with Crippen molar-refractivity contribution in [2.24, 2.45) is 0 Å².